The minimum absolute atomic E-state index is 0.178. The van der Waals surface area contributed by atoms with Crippen LogP contribution >= 0.6 is 0 Å². The second-order valence-corrected chi connectivity index (χ2v) is 5.51. The van der Waals surface area contributed by atoms with E-state index in [0.717, 1.165) is 5.69 Å². The summed E-state index contributed by atoms with van der Waals surface area (Å²) < 4.78 is 1.77. The molecule has 0 saturated heterocycles. The van der Waals surface area contributed by atoms with Gasteiger partial charge in [0, 0.05) is 31.9 Å². The van der Waals surface area contributed by atoms with Crippen molar-refractivity contribution in [2.45, 2.75) is 46.3 Å². The average Bonchev–Trinajstić information content (AvgIpc) is 2.93. The summed E-state index contributed by atoms with van der Waals surface area (Å²) in [6.07, 6.45) is 2.63. The van der Waals surface area contributed by atoms with Crippen molar-refractivity contribution in [3.8, 4) is 0 Å². The summed E-state index contributed by atoms with van der Waals surface area (Å²) in [6, 6.07) is 6.80. The number of aliphatic hydroxyl groups is 1. The van der Waals surface area contributed by atoms with Crippen molar-refractivity contribution in [2.75, 3.05) is 6.61 Å². The number of aromatic nitrogens is 3. The molecule has 1 heterocycles. The van der Waals surface area contributed by atoms with E-state index in [4.69, 9.17) is 5.11 Å². The summed E-state index contributed by atoms with van der Waals surface area (Å²) in [5.41, 5.74) is 4.82. The van der Waals surface area contributed by atoms with Gasteiger partial charge in [0.2, 0.25) is 0 Å². The van der Waals surface area contributed by atoms with Crippen LogP contribution in [0.3, 0.4) is 0 Å². The van der Waals surface area contributed by atoms with Crippen LogP contribution < -0.4 is 5.32 Å². The third kappa shape index (κ3) is 4.37. The molecule has 0 saturated carbocycles. The Bertz CT molecular complexity index is 579. The van der Waals surface area contributed by atoms with Gasteiger partial charge < -0.3 is 10.4 Å². The van der Waals surface area contributed by atoms with Gasteiger partial charge in [-0.1, -0.05) is 29.0 Å². The highest BCUT2D eigenvalue weighted by Gasteiger charge is 2.09. The molecule has 0 radical (unpaired) electrons. The Kier molecular flexibility index (Phi) is 5.47. The summed E-state index contributed by atoms with van der Waals surface area (Å²) in [5.74, 6) is 0. The lowest BCUT2D eigenvalue weighted by Crippen LogP contribution is -2.19. The van der Waals surface area contributed by atoms with Gasteiger partial charge in [-0.05, 0) is 38.3 Å². The SMILES string of the molecule is Cc1ccc(C)c(C(C)NCc2cn(CCCO)nn2)c1. The lowest BCUT2D eigenvalue weighted by Gasteiger charge is -2.16. The molecule has 1 unspecified atom stereocenters. The third-order valence-electron chi connectivity index (χ3n) is 3.62. The highest BCUT2D eigenvalue weighted by molar-refractivity contribution is 5.32. The fourth-order valence-corrected chi connectivity index (χ4v) is 2.36. The van der Waals surface area contributed by atoms with Crippen LogP contribution in [0.4, 0.5) is 0 Å². The van der Waals surface area contributed by atoms with E-state index in [9.17, 15) is 0 Å². The molecule has 2 aromatic rings. The van der Waals surface area contributed by atoms with E-state index in [0.29, 0.717) is 19.5 Å². The number of aryl methyl sites for hydroxylation is 3. The first-order valence-electron chi connectivity index (χ1n) is 7.40. The molecule has 0 aliphatic carbocycles. The molecule has 5 heteroatoms. The Balaban J connectivity index is 1.93. The molecule has 1 aromatic carbocycles. The molecular weight excluding hydrogens is 264 g/mol. The summed E-state index contributed by atoms with van der Waals surface area (Å²) in [4.78, 5) is 0. The van der Waals surface area contributed by atoms with Crippen molar-refractivity contribution in [1.82, 2.24) is 20.3 Å². The second-order valence-electron chi connectivity index (χ2n) is 5.51. The molecule has 1 aromatic heterocycles. The molecule has 0 aliphatic heterocycles. The molecule has 5 nitrogen and oxygen atoms in total. The van der Waals surface area contributed by atoms with Gasteiger partial charge in [0.15, 0.2) is 0 Å². The number of hydrogen-bond acceptors (Lipinski definition) is 4. The molecule has 0 amide bonds. The van der Waals surface area contributed by atoms with E-state index in [1.807, 2.05) is 6.20 Å². The first-order chi connectivity index (χ1) is 10.1. The van der Waals surface area contributed by atoms with Crippen LogP contribution in [0, 0.1) is 13.8 Å². The van der Waals surface area contributed by atoms with Crippen molar-refractivity contribution in [1.29, 1.82) is 0 Å². The highest BCUT2D eigenvalue weighted by Crippen LogP contribution is 2.19. The molecular formula is C16H24N4O. The van der Waals surface area contributed by atoms with Gasteiger partial charge in [0.1, 0.15) is 0 Å². The quantitative estimate of drug-likeness (QED) is 0.819. The normalized spacial score (nSPS) is 12.6. The van der Waals surface area contributed by atoms with Crippen LogP contribution in [0.15, 0.2) is 24.4 Å². The Morgan fingerprint density at radius 3 is 2.90 bits per heavy atom. The number of nitrogens with one attached hydrogen (secondary N) is 1. The van der Waals surface area contributed by atoms with E-state index >= 15 is 0 Å². The molecule has 0 bridgehead atoms. The number of aliphatic hydroxyl groups excluding tert-OH is 1. The minimum atomic E-state index is 0.178. The molecule has 0 fully saturated rings. The van der Waals surface area contributed by atoms with Crippen LogP contribution in [0.25, 0.3) is 0 Å². The van der Waals surface area contributed by atoms with Gasteiger partial charge in [-0.3, -0.25) is 4.68 Å². The van der Waals surface area contributed by atoms with Gasteiger partial charge in [-0.15, -0.1) is 5.10 Å². The Morgan fingerprint density at radius 2 is 2.14 bits per heavy atom. The van der Waals surface area contributed by atoms with Gasteiger partial charge in [0.25, 0.3) is 0 Å². The molecule has 114 valence electrons. The van der Waals surface area contributed by atoms with E-state index < -0.39 is 0 Å². The zero-order valence-corrected chi connectivity index (χ0v) is 13.0. The molecule has 0 spiro atoms. The fraction of sp³-hybridized carbons (Fsp3) is 0.500. The van der Waals surface area contributed by atoms with E-state index in [-0.39, 0.29) is 12.6 Å². The Labute approximate surface area is 126 Å². The maximum atomic E-state index is 8.81. The monoisotopic (exact) mass is 288 g/mol. The molecule has 21 heavy (non-hydrogen) atoms. The first-order valence-corrected chi connectivity index (χ1v) is 7.40. The molecule has 0 aliphatic rings. The molecule has 2 rings (SSSR count). The Morgan fingerprint density at radius 1 is 1.33 bits per heavy atom. The summed E-state index contributed by atoms with van der Waals surface area (Å²) in [5, 5.41) is 20.5. The lowest BCUT2D eigenvalue weighted by atomic mass is 10.00. The zero-order valence-electron chi connectivity index (χ0n) is 13.0. The lowest BCUT2D eigenvalue weighted by molar-refractivity contribution is 0.276. The van der Waals surface area contributed by atoms with Gasteiger partial charge in [-0.2, -0.15) is 0 Å². The van der Waals surface area contributed by atoms with Gasteiger partial charge in [0.05, 0.1) is 5.69 Å². The van der Waals surface area contributed by atoms with Crippen molar-refractivity contribution in [3.63, 3.8) is 0 Å². The van der Waals surface area contributed by atoms with Crippen LogP contribution in [-0.4, -0.2) is 26.7 Å². The zero-order chi connectivity index (χ0) is 15.2. The van der Waals surface area contributed by atoms with E-state index in [1.165, 1.54) is 16.7 Å². The second kappa shape index (κ2) is 7.33. The van der Waals surface area contributed by atoms with Crippen molar-refractivity contribution in [3.05, 3.63) is 46.8 Å². The fourth-order valence-electron chi connectivity index (χ4n) is 2.36. The highest BCUT2D eigenvalue weighted by atomic mass is 16.3. The standard InChI is InChI=1S/C16H24N4O/c1-12-5-6-13(2)16(9-12)14(3)17-10-15-11-20(19-18-15)7-4-8-21/h5-6,9,11,14,17,21H,4,7-8,10H2,1-3H3. The van der Waals surface area contributed by atoms with Gasteiger partial charge >= 0.3 is 0 Å². The maximum Gasteiger partial charge on any atom is 0.0965 e. The molecule has 2 N–H and O–H groups in total. The average molecular weight is 288 g/mol. The summed E-state index contributed by atoms with van der Waals surface area (Å²) in [6.45, 7) is 7.99. The number of rotatable bonds is 7. The van der Waals surface area contributed by atoms with Gasteiger partial charge in [-0.25, -0.2) is 0 Å². The minimum Gasteiger partial charge on any atom is -0.396 e. The maximum absolute atomic E-state index is 8.81. The van der Waals surface area contributed by atoms with Crippen LogP contribution in [-0.2, 0) is 13.1 Å². The topological polar surface area (TPSA) is 63.0 Å². The van der Waals surface area contributed by atoms with Crippen LogP contribution in [0.2, 0.25) is 0 Å². The van der Waals surface area contributed by atoms with E-state index in [2.05, 4.69) is 54.6 Å². The molecule has 1 atom stereocenters. The van der Waals surface area contributed by atoms with E-state index in [1.54, 1.807) is 4.68 Å². The number of hydrogen-bond donors (Lipinski definition) is 2. The number of nitrogens with zero attached hydrogens (tertiary/aromatic N) is 3. The Hall–Kier alpha value is -1.72. The predicted octanol–water partition coefficient (Wildman–Crippen LogP) is 2.13. The summed E-state index contributed by atoms with van der Waals surface area (Å²) >= 11 is 0. The first kappa shape index (κ1) is 15.7. The number of benzene rings is 1. The van der Waals surface area contributed by atoms with Crippen LogP contribution in [0.1, 0.15) is 41.8 Å². The van der Waals surface area contributed by atoms with Crippen LogP contribution in [0.5, 0.6) is 0 Å². The van der Waals surface area contributed by atoms with Crippen molar-refractivity contribution >= 4 is 0 Å². The van der Waals surface area contributed by atoms with Crippen molar-refractivity contribution < 1.29 is 5.11 Å². The smallest absolute Gasteiger partial charge is 0.0965 e. The van der Waals surface area contributed by atoms with Crippen molar-refractivity contribution in [2.24, 2.45) is 0 Å². The predicted molar refractivity (Wildman–Crippen MR) is 82.9 cm³/mol. The third-order valence-corrected chi connectivity index (χ3v) is 3.62. The summed E-state index contributed by atoms with van der Waals surface area (Å²) in [7, 11) is 0. The largest absolute Gasteiger partial charge is 0.396 e.